The minimum absolute atomic E-state index is 0.262. The van der Waals surface area contributed by atoms with E-state index < -0.39 is 16.9 Å². The summed E-state index contributed by atoms with van der Waals surface area (Å²) in [6.07, 6.45) is 1.93. The van der Waals surface area contributed by atoms with E-state index in [-0.39, 0.29) is 5.56 Å². The second-order valence-corrected chi connectivity index (χ2v) is 2.67. The summed E-state index contributed by atoms with van der Waals surface area (Å²) in [5, 5.41) is 3.33. The molecule has 0 bridgehead atoms. The fraction of sp³-hybridized carbons (Fsp3) is 0.167. The van der Waals surface area contributed by atoms with Crippen LogP contribution in [0, 0.1) is 5.41 Å². The monoisotopic (exact) mass is 206 g/mol. The van der Waals surface area contributed by atoms with Gasteiger partial charge < -0.3 is 5.73 Å². The average Bonchev–Trinajstić information content (AvgIpc) is 2.03. The molecule has 1 rings (SSSR count). The van der Waals surface area contributed by atoms with Crippen LogP contribution in [-0.2, 0) is 5.38 Å². The smallest absolute Gasteiger partial charge is 0.365 e. The van der Waals surface area contributed by atoms with Crippen molar-refractivity contribution < 1.29 is 8.78 Å². The summed E-state index contributed by atoms with van der Waals surface area (Å²) in [6, 6.07) is 0. The first-order chi connectivity index (χ1) is 5.93. The van der Waals surface area contributed by atoms with Gasteiger partial charge in [0.1, 0.15) is 17.9 Å². The highest BCUT2D eigenvalue weighted by molar-refractivity contribution is 6.22. The molecule has 0 aromatic carbocycles. The van der Waals surface area contributed by atoms with Crippen molar-refractivity contribution in [3.05, 3.63) is 23.8 Å². The molecule has 13 heavy (non-hydrogen) atoms. The van der Waals surface area contributed by atoms with E-state index in [2.05, 4.69) is 9.97 Å². The van der Waals surface area contributed by atoms with Crippen LogP contribution >= 0.6 is 11.6 Å². The van der Waals surface area contributed by atoms with Crippen molar-refractivity contribution in [2.45, 2.75) is 5.38 Å². The van der Waals surface area contributed by atoms with Gasteiger partial charge in [-0.25, -0.2) is 9.97 Å². The van der Waals surface area contributed by atoms with Crippen LogP contribution in [0.3, 0.4) is 0 Å². The number of nitrogens with one attached hydrogen (secondary N) is 1. The van der Waals surface area contributed by atoms with Crippen molar-refractivity contribution in [2.24, 2.45) is 5.73 Å². The van der Waals surface area contributed by atoms with E-state index >= 15 is 0 Å². The highest BCUT2D eigenvalue weighted by Crippen LogP contribution is 2.32. The normalized spacial score (nSPS) is 11.3. The second-order valence-electron chi connectivity index (χ2n) is 2.20. The van der Waals surface area contributed by atoms with Gasteiger partial charge in [0, 0.05) is 6.20 Å². The fourth-order valence-corrected chi connectivity index (χ4v) is 0.903. The van der Waals surface area contributed by atoms with E-state index in [9.17, 15) is 8.78 Å². The Kier molecular flexibility index (Phi) is 2.42. The summed E-state index contributed by atoms with van der Waals surface area (Å²) in [5.74, 6) is -0.545. The summed E-state index contributed by atoms with van der Waals surface area (Å²) < 4.78 is 25.2. The zero-order chi connectivity index (χ0) is 10.1. The van der Waals surface area contributed by atoms with Gasteiger partial charge in [-0.05, 0) is 11.6 Å². The van der Waals surface area contributed by atoms with Gasteiger partial charge in [0.05, 0.1) is 5.56 Å². The third-order valence-electron chi connectivity index (χ3n) is 1.27. The number of hydrogen-bond acceptors (Lipinski definition) is 3. The van der Waals surface area contributed by atoms with Gasteiger partial charge in [0.25, 0.3) is 0 Å². The van der Waals surface area contributed by atoms with Crippen molar-refractivity contribution in [3.8, 4) is 0 Å². The van der Waals surface area contributed by atoms with Crippen LogP contribution in [0.5, 0.6) is 0 Å². The van der Waals surface area contributed by atoms with Crippen LogP contribution in [0.1, 0.15) is 11.3 Å². The number of hydrogen-bond donors (Lipinski definition) is 2. The van der Waals surface area contributed by atoms with E-state index in [1.54, 1.807) is 0 Å². The van der Waals surface area contributed by atoms with Crippen molar-refractivity contribution in [2.75, 3.05) is 0 Å². The van der Waals surface area contributed by atoms with Crippen molar-refractivity contribution in [1.82, 2.24) is 9.97 Å². The summed E-state index contributed by atoms with van der Waals surface area (Å²) in [6.45, 7) is 0. The van der Waals surface area contributed by atoms with Gasteiger partial charge in [-0.2, -0.15) is 8.78 Å². The van der Waals surface area contributed by atoms with E-state index in [4.69, 9.17) is 22.7 Å². The molecule has 0 radical (unpaired) electrons. The molecule has 0 aliphatic heterocycles. The van der Waals surface area contributed by atoms with Gasteiger partial charge in [-0.3, -0.25) is 5.41 Å². The molecular formula is C6H5ClF2N4. The maximum Gasteiger partial charge on any atom is 0.365 e. The Morgan fingerprint density at radius 3 is 2.62 bits per heavy atom. The number of alkyl halides is 3. The van der Waals surface area contributed by atoms with Gasteiger partial charge in [-0.1, -0.05) is 0 Å². The second kappa shape index (κ2) is 3.21. The molecule has 1 aromatic heterocycles. The van der Waals surface area contributed by atoms with Crippen molar-refractivity contribution in [3.63, 3.8) is 0 Å². The number of nitrogens with two attached hydrogens (primary N) is 1. The SMILES string of the molecule is N=C(N)c1cncnc1C(F)(F)Cl. The zero-order valence-electron chi connectivity index (χ0n) is 6.26. The summed E-state index contributed by atoms with van der Waals surface area (Å²) in [4.78, 5) is 6.71. The maximum atomic E-state index is 12.6. The molecule has 0 aliphatic rings. The minimum atomic E-state index is -3.63. The molecule has 0 fully saturated rings. The van der Waals surface area contributed by atoms with Crippen molar-refractivity contribution in [1.29, 1.82) is 5.41 Å². The molecule has 0 atom stereocenters. The number of amidine groups is 1. The molecular weight excluding hydrogens is 202 g/mol. The number of nitrogen functional groups attached to an aromatic ring is 1. The van der Waals surface area contributed by atoms with Gasteiger partial charge in [0.15, 0.2) is 0 Å². The van der Waals surface area contributed by atoms with E-state index in [0.717, 1.165) is 12.5 Å². The Balaban J connectivity index is 3.28. The van der Waals surface area contributed by atoms with Crippen LogP contribution in [0.2, 0.25) is 0 Å². The van der Waals surface area contributed by atoms with Crippen molar-refractivity contribution >= 4 is 17.4 Å². The van der Waals surface area contributed by atoms with Crippen LogP contribution in [0.25, 0.3) is 0 Å². The zero-order valence-corrected chi connectivity index (χ0v) is 7.02. The van der Waals surface area contributed by atoms with Gasteiger partial charge >= 0.3 is 5.38 Å². The van der Waals surface area contributed by atoms with Crippen LogP contribution in [-0.4, -0.2) is 15.8 Å². The lowest BCUT2D eigenvalue weighted by atomic mass is 10.2. The first-order valence-electron chi connectivity index (χ1n) is 3.14. The third-order valence-corrected chi connectivity index (χ3v) is 1.45. The quantitative estimate of drug-likeness (QED) is 0.431. The lowest BCUT2D eigenvalue weighted by molar-refractivity contribution is 0.0895. The molecule has 7 heteroatoms. The highest BCUT2D eigenvalue weighted by atomic mass is 35.5. The molecule has 70 valence electrons. The molecule has 0 amide bonds. The summed E-state index contributed by atoms with van der Waals surface area (Å²) in [7, 11) is 0. The molecule has 4 nitrogen and oxygen atoms in total. The molecule has 0 saturated heterocycles. The molecule has 3 N–H and O–H groups in total. The topological polar surface area (TPSA) is 75.7 Å². The molecule has 1 aromatic rings. The average molecular weight is 207 g/mol. The van der Waals surface area contributed by atoms with E-state index in [1.165, 1.54) is 0 Å². The van der Waals surface area contributed by atoms with Crippen LogP contribution in [0.4, 0.5) is 8.78 Å². The van der Waals surface area contributed by atoms with Crippen LogP contribution in [0.15, 0.2) is 12.5 Å². The summed E-state index contributed by atoms with van der Waals surface area (Å²) >= 11 is 4.73. The van der Waals surface area contributed by atoms with Crippen LogP contribution < -0.4 is 5.73 Å². The Hall–Kier alpha value is -1.30. The van der Waals surface area contributed by atoms with Gasteiger partial charge in [0.2, 0.25) is 0 Å². The predicted molar refractivity (Wildman–Crippen MR) is 42.8 cm³/mol. The Morgan fingerprint density at radius 1 is 1.62 bits per heavy atom. The Bertz CT molecular complexity index is 336. The Morgan fingerprint density at radius 2 is 2.23 bits per heavy atom. The standard InChI is InChI=1S/C6H5ClF2N4/c7-6(8,9)4-3(5(10)11)1-12-2-13-4/h1-2H,(H3,10,11). The molecule has 0 saturated carbocycles. The third kappa shape index (κ3) is 2.09. The lowest BCUT2D eigenvalue weighted by Gasteiger charge is -2.09. The van der Waals surface area contributed by atoms with E-state index in [0.29, 0.717) is 0 Å². The Labute approximate surface area is 77.3 Å². The predicted octanol–water partition coefficient (Wildman–Crippen LogP) is 1.05. The molecule has 1 heterocycles. The number of nitrogens with zero attached hydrogens (tertiary/aromatic N) is 2. The molecule has 0 unspecified atom stereocenters. The first kappa shape index (κ1) is 9.79. The highest BCUT2D eigenvalue weighted by Gasteiger charge is 2.33. The molecule has 0 aliphatic carbocycles. The lowest BCUT2D eigenvalue weighted by Crippen LogP contribution is -2.20. The minimum Gasteiger partial charge on any atom is -0.384 e. The maximum absolute atomic E-state index is 12.6. The fourth-order valence-electron chi connectivity index (χ4n) is 0.753. The first-order valence-corrected chi connectivity index (χ1v) is 3.52. The number of rotatable bonds is 2. The van der Waals surface area contributed by atoms with Gasteiger partial charge in [-0.15, -0.1) is 0 Å². The van der Waals surface area contributed by atoms with E-state index in [1.807, 2.05) is 0 Å². The largest absolute Gasteiger partial charge is 0.384 e. The summed E-state index contributed by atoms with van der Waals surface area (Å²) in [5.41, 5.74) is 4.01. The molecule has 0 spiro atoms. The number of aromatic nitrogens is 2. The number of halogens is 3.